The quantitative estimate of drug-likeness (QED) is 0.564. The SMILES string of the molecule is CCOC(=O)c1cc(C#N)c(C)nc1N1CCN(C(=O)C(C)(C)Cc2cc(C)cc(C)c2C(=O)O)CC1. The maximum atomic E-state index is 13.6. The number of carbonyl (C=O) groups is 3. The number of ether oxygens (including phenoxy) is 1. The Bertz CT molecular complexity index is 1270. The highest BCUT2D eigenvalue weighted by molar-refractivity contribution is 5.95. The van der Waals surface area contributed by atoms with Gasteiger partial charge in [-0.15, -0.1) is 0 Å². The second kappa shape index (κ2) is 11.0. The maximum absolute atomic E-state index is 13.6. The first-order chi connectivity index (χ1) is 17.4. The van der Waals surface area contributed by atoms with Gasteiger partial charge in [-0.2, -0.15) is 5.26 Å². The number of aryl methyl sites for hydroxylation is 3. The predicted octanol–water partition coefficient (Wildman–Crippen LogP) is 3.67. The van der Waals surface area contributed by atoms with Crippen LogP contribution in [0.2, 0.25) is 0 Å². The number of benzene rings is 1. The summed E-state index contributed by atoms with van der Waals surface area (Å²) in [5.41, 5.74) is 2.80. The van der Waals surface area contributed by atoms with Crippen LogP contribution >= 0.6 is 0 Å². The van der Waals surface area contributed by atoms with Crippen molar-refractivity contribution in [3.8, 4) is 6.07 Å². The number of carboxylic acid groups (broad SMARTS) is 1. The normalized spacial score (nSPS) is 13.8. The molecule has 2 heterocycles. The minimum Gasteiger partial charge on any atom is -0.478 e. The van der Waals surface area contributed by atoms with Crippen LogP contribution < -0.4 is 4.90 Å². The van der Waals surface area contributed by atoms with E-state index >= 15 is 0 Å². The Labute approximate surface area is 217 Å². The zero-order valence-electron chi connectivity index (χ0n) is 22.3. The minimum atomic E-state index is -0.994. The van der Waals surface area contributed by atoms with E-state index < -0.39 is 17.4 Å². The van der Waals surface area contributed by atoms with Crippen LogP contribution in [-0.2, 0) is 16.0 Å². The first-order valence-corrected chi connectivity index (χ1v) is 12.4. The van der Waals surface area contributed by atoms with Crippen molar-refractivity contribution in [3.05, 3.63) is 57.3 Å². The average Bonchev–Trinajstić information content (AvgIpc) is 2.82. The van der Waals surface area contributed by atoms with E-state index in [0.29, 0.717) is 60.8 Å². The molecule has 9 heteroatoms. The Kier molecular flexibility index (Phi) is 8.22. The first-order valence-electron chi connectivity index (χ1n) is 12.4. The number of nitrogens with zero attached hydrogens (tertiary/aromatic N) is 4. The standard InChI is InChI=1S/C28H34N4O5/c1-7-37-26(35)22-14-21(16-29)19(4)30-24(22)31-8-10-32(11-9-31)27(36)28(5,6)15-20-13-17(2)12-18(3)23(20)25(33)34/h12-14H,7-11,15H2,1-6H3,(H,33,34). The van der Waals surface area contributed by atoms with Crippen LogP contribution in [0, 0.1) is 37.5 Å². The van der Waals surface area contributed by atoms with Crippen molar-refractivity contribution in [1.29, 1.82) is 5.26 Å². The molecule has 0 bridgehead atoms. The van der Waals surface area contributed by atoms with Gasteiger partial charge in [-0.05, 0) is 51.3 Å². The second-order valence-corrected chi connectivity index (χ2v) is 10.1. The van der Waals surface area contributed by atoms with Crippen molar-refractivity contribution < 1.29 is 24.2 Å². The highest BCUT2D eigenvalue weighted by Crippen LogP contribution is 2.30. The number of aromatic nitrogens is 1. The molecule has 0 unspecified atom stereocenters. The highest BCUT2D eigenvalue weighted by Gasteiger charge is 2.36. The molecule has 37 heavy (non-hydrogen) atoms. The number of carbonyl (C=O) groups excluding carboxylic acids is 2. The van der Waals surface area contributed by atoms with Crippen molar-refractivity contribution in [3.63, 3.8) is 0 Å². The number of hydrogen-bond acceptors (Lipinski definition) is 7. The molecule has 0 saturated carbocycles. The molecule has 1 aromatic heterocycles. The predicted molar refractivity (Wildman–Crippen MR) is 139 cm³/mol. The molecular weight excluding hydrogens is 472 g/mol. The Hall–Kier alpha value is -3.93. The fourth-order valence-corrected chi connectivity index (χ4v) is 4.91. The highest BCUT2D eigenvalue weighted by atomic mass is 16.5. The number of aromatic carboxylic acids is 1. The summed E-state index contributed by atoms with van der Waals surface area (Å²) in [7, 11) is 0. The monoisotopic (exact) mass is 506 g/mol. The molecule has 196 valence electrons. The molecule has 1 aliphatic heterocycles. The Balaban J connectivity index is 1.79. The maximum Gasteiger partial charge on any atom is 0.341 e. The van der Waals surface area contributed by atoms with E-state index in [1.807, 2.05) is 37.8 Å². The van der Waals surface area contributed by atoms with E-state index in [-0.39, 0.29) is 23.6 Å². The zero-order chi connectivity index (χ0) is 27.5. The number of esters is 1. The second-order valence-electron chi connectivity index (χ2n) is 10.1. The van der Waals surface area contributed by atoms with E-state index in [1.54, 1.807) is 25.7 Å². The number of rotatable bonds is 7. The Morgan fingerprint density at radius 2 is 1.76 bits per heavy atom. The number of nitriles is 1. The van der Waals surface area contributed by atoms with E-state index in [9.17, 15) is 24.8 Å². The molecular formula is C28H34N4O5. The molecule has 1 amide bonds. The van der Waals surface area contributed by atoms with Crippen LogP contribution in [0.3, 0.4) is 0 Å². The zero-order valence-corrected chi connectivity index (χ0v) is 22.3. The van der Waals surface area contributed by atoms with Gasteiger partial charge in [0.15, 0.2) is 0 Å². The van der Waals surface area contributed by atoms with Crippen LogP contribution in [0.4, 0.5) is 5.82 Å². The van der Waals surface area contributed by atoms with E-state index in [4.69, 9.17) is 4.74 Å². The van der Waals surface area contributed by atoms with E-state index in [2.05, 4.69) is 11.1 Å². The van der Waals surface area contributed by atoms with Gasteiger partial charge in [0.2, 0.25) is 5.91 Å². The Morgan fingerprint density at radius 3 is 2.32 bits per heavy atom. The van der Waals surface area contributed by atoms with Crippen LogP contribution in [0.15, 0.2) is 18.2 Å². The smallest absolute Gasteiger partial charge is 0.341 e. The third-order valence-corrected chi connectivity index (χ3v) is 6.66. The number of amides is 1. The molecule has 0 aliphatic carbocycles. The molecule has 3 rings (SSSR count). The van der Waals surface area contributed by atoms with Gasteiger partial charge < -0.3 is 19.6 Å². The van der Waals surface area contributed by atoms with Gasteiger partial charge in [0.1, 0.15) is 17.5 Å². The van der Waals surface area contributed by atoms with E-state index in [1.165, 1.54) is 6.07 Å². The molecule has 9 nitrogen and oxygen atoms in total. The molecule has 1 fully saturated rings. The van der Waals surface area contributed by atoms with Crippen LogP contribution in [0.1, 0.15) is 69.4 Å². The first kappa shape index (κ1) is 27.7. The molecule has 1 saturated heterocycles. The lowest BCUT2D eigenvalue weighted by atomic mass is 9.81. The van der Waals surface area contributed by atoms with Gasteiger partial charge in [0.05, 0.1) is 23.4 Å². The van der Waals surface area contributed by atoms with Crippen LogP contribution in [-0.4, -0.2) is 65.6 Å². The van der Waals surface area contributed by atoms with Crippen molar-refractivity contribution in [1.82, 2.24) is 9.88 Å². The third-order valence-electron chi connectivity index (χ3n) is 6.66. The summed E-state index contributed by atoms with van der Waals surface area (Å²) >= 11 is 0. The fraction of sp³-hybridized carbons (Fsp3) is 0.464. The van der Waals surface area contributed by atoms with Gasteiger partial charge in [0, 0.05) is 31.6 Å². The van der Waals surface area contributed by atoms with Gasteiger partial charge in [-0.1, -0.05) is 31.5 Å². The Morgan fingerprint density at radius 1 is 1.11 bits per heavy atom. The molecule has 1 N–H and O–H groups in total. The molecule has 1 aromatic carbocycles. The summed E-state index contributed by atoms with van der Waals surface area (Å²) in [6, 6.07) is 7.26. The van der Waals surface area contributed by atoms with Crippen LogP contribution in [0.25, 0.3) is 0 Å². The molecule has 1 aliphatic rings. The van der Waals surface area contributed by atoms with Gasteiger partial charge >= 0.3 is 11.9 Å². The topological polar surface area (TPSA) is 124 Å². The lowest BCUT2D eigenvalue weighted by Crippen LogP contribution is -2.53. The fourth-order valence-electron chi connectivity index (χ4n) is 4.91. The number of piperazine rings is 1. The van der Waals surface area contributed by atoms with Crippen molar-refractivity contribution in [2.75, 3.05) is 37.7 Å². The molecule has 0 spiro atoms. The van der Waals surface area contributed by atoms with Crippen LogP contribution in [0.5, 0.6) is 0 Å². The summed E-state index contributed by atoms with van der Waals surface area (Å²) in [6.45, 7) is 12.8. The molecule has 2 aromatic rings. The summed E-state index contributed by atoms with van der Waals surface area (Å²) < 4.78 is 5.18. The average molecular weight is 507 g/mol. The van der Waals surface area contributed by atoms with Crippen molar-refractivity contribution in [2.24, 2.45) is 5.41 Å². The van der Waals surface area contributed by atoms with Gasteiger partial charge in [-0.3, -0.25) is 4.79 Å². The van der Waals surface area contributed by atoms with Gasteiger partial charge in [-0.25, -0.2) is 14.6 Å². The number of carboxylic acids is 1. The van der Waals surface area contributed by atoms with Crippen molar-refractivity contribution in [2.45, 2.75) is 48.0 Å². The van der Waals surface area contributed by atoms with E-state index in [0.717, 1.165) is 5.56 Å². The van der Waals surface area contributed by atoms with Crippen molar-refractivity contribution >= 4 is 23.7 Å². The van der Waals surface area contributed by atoms with Gasteiger partial charge in [0.25, 0.3) is 0 Å². The minimum absolute atomic E-state index is 0.0581. The number of hydrogen-bond donors (Lipinski definition) is 1. The summed E-state index contributed by atoms with van der Waals surface area (Å²) in [6.07, 6.45) is 0.305. The summed E-state index contributed by atoms with van der Waals surface area (Å²) in [4.78, 5) is 46.3. The summed E-state index contributed by atoms with van der Waals surface area (Å²) in [5.74, 6) is -1.14. The number of anilines is 1. The molecule has 0 atom stereocenters. The lowest BCUT2D eigenvalue weighted by molar-refractivity contribution is -0.140. The third kappa shape index (κ3) is 5.91. The summed E-state index contributed by atoms with van der Waals surface area (Å²) in [5, 5.41) is 19.1. The number of pyridine rings is 1. The lowest BCUT2D eigenvalue weighted by Gasteiger charge is -2.39. The molecule has 0 radical (unpaired) electrons. The largest absolute Gasteiger partial charge is 0.478 e.